The Morgan fingerprint density at radius 2 is 1.76 bits per heavy atom. The van der Waals surface area contributed by atoms with E-state index >= 15 is 0 Å². The van der Waals surface area contributed by atoms with E-state index in [1.54, 1.807) is 42.5 Å². The second-order valence-electron chi connectivity index (χ2n) is 6.47. The highest BCUT2D eigenvalue weighted by Gasteiger charge is 2.19. The maximum Gasteiger partial charge on any atom is 0.340 e. The number of rotatable bonds is 3. The van der Waals surface area contributed by atoms with Gasteiger partial charge in [-0.05, 0) is 36.4 Å². The summed E-state index contributed by atoms with van der Waals surface area (Å²) in [5.74, 6) is 0.512. The van der Waals surface area contributed by atoms with Gasteiger partial charge in [0.25, 0.3) is 0 Å². The molecule has 2 heterocycles. The molecule has 29 heavy (non-hydrogen) atoms. The highest BCUT2D eigenvalue weighted by atomic mass is 16.5. The van der Waals surface area contributed by atoms with Crippen LogP contribution in [0.2, 0.25) is 0 Å². The van der Waals surface area contributed by atoms with Crippen LogP contribution in [0.3, 0.4) is 0 Å². The minimum atomic E-state index is -0.449. The number of carbonyl (C=O) groups is 1. The molecule has 2 aromatic heterocycles. The second kappa shape index (κ2) is 6.49. The van der Waals surface area contributed by atoms with Crippen LogP contribution in [0, 0.1) is 0 Å². The fraction of sp³-hybridized carbons (Fsp3) is 0.0455. The molecule has 0 radical (unpaired) electrons. The Morgan fingerprint density at radius 1 is 0.966 bits per heavy atom. The number of aromatic hydroxyl groups is 1. The van der Waals surface area contributed by atoms with Crippen molar-refractivity contribution in [2.75, 3.05) is 7.11 Å². The largest absolute Gasteiger partial charge is 0.507 e. The molecule has 2 N–H and O–H groups in total. The minimum Gasteiger partial charge on any atom is -0.507 e. The third kappa shape index (κ3) is 2.71. The molecule has 0 saturated carbocycles. The molecule has 0 unspecified atom stereocenters. The first-order valence-corrected chi connectivity index (χ1v) is 8.91. The predicted octanol–water partition coefficient (Wildman–Crippen LogP) is 4.53. The Morgan fingerprint density at radius 3 is 2.59 bits per heavy atom. The lowest BCUT2D eigenvalue weighted by Crippen LogP contribution is -2.01. The van der Waals surface area contributed by atoms with Crippen molar-refractivity contribution in [3.63, 3.8) is 0 Å². The van der Waals surface area contributed by atoms with Gasteiger partial charge in [0.1, 0.15) is 22.6 Å². The highest BCUT2D eigenvalue weighted by Crippen LogP contribution is 2.34. The van der Waals surface area contributed by atoms with Crippen LogP contribution in [0.15, 0.2) is 65.1 Å². The number of imidazole rings is 1. The minimum absolute atomic E-state index is 0.0899. The van der Waals surface area contributed by atoms with Gasteiger partial charge in [0.2, 0.25) is 5.89 Å². The summed E-state index contributed by atoms with van der Waals surface area (Å²) in [7, 11) is 1.34. The summed E-state index contributed by atoms with van der Waals surface area (Å²) in [6.07, 6.45) is 0. The van der Waals surface area contributed by atoms with E-state index in [9.17, 15) is 9.90 Å². The molecule has 7 heteroatoms. The Kier molecular flexibility index (Phi) is 3.80. The van der Waals surface area contributed by atoms with Crippen molar-refractivity contribution in [1.29, 1.82) is 0 Å². The van der Waals surface area contributed by atoms with E-state index in [0.29, 0.717) is 45.0 Å². The molecule has 0 atom stereocenters. The molecule has 0 spiro atoms. The lowest BCUT2D eigenvalue weighted by molar-refractivity contribution is 0.0603. The first-order chi connectivity index (χ1) is 14.2. The van der Waals surface area contributed by atoms with Crippen molar-refractivity contribution in [3.8, 4) is 28.6 Å². The highest BCUT2D eigenvalue weighted by molar-refractivity contribution is 6.03. The maximum absolute atomic E-state index is 12.1. The fourth-order valence-corrected chi connectivity index (χ4v) is 3.34. The number of oxazole rings is 1. The molecule has 0 aliphatic heterocycles. The molecular weight excluding hydrogens is 370 g/mol. The molecule has 0 amide bonds. The molecule has 0 aliphatic rings. The number of hydrogen-bond acceptors (Lipinski definition) is 6. The van der Waals surface area contributed by atoms with E-state index in [4.69, 9.17) is 9.15 Å². The number of para-hydroxylation sites is 3. The number of nitrogens with zero attached hydrogens (tertiary/aromatic N) is 2. The van der Waals surface area contributed by atoms with Crippen molar-refractivity contribution in [3.05, 3.63) is 66.2 Å². The number of ether oxygens (including phenoxy) is 1. The van der Waals surface area contributed by atoms with Crippen molar-refractivity contribution < 1.29 is 19.1 Å². The molecule has 142 valence electrons. The van der Waals surface area contributed by atoms with Crippen molar-refractivity contribution >= 4 is 28.1 Å². The number of benzene rings is 3. The molecule has 0 bridgehead atoms. The Hall–Kier alpha value is -4.13. The van der Waals surface area contributed by atoms with Crippen LogP contribution >= 0.6 is 0 Å². The molecule has 5 aromatic rings. The molecule has 7 nitrogen and oxygen atoms in total. The number of H-pyrrole nitrogens is 1. The van der Waals surface area contributed by atoms with Gasteiger partial charge in [-0.25, -0.2) is 14.8 Å². The average Bonchev–Trinajstić information content (AvgIpc) is 3.37. The topological polar surface area (TPSA) is 101 Å². The lowest BCUT2D eigenvalue weighted by atomic mass is 10.2. The van der Waals surface area contributed by atoms with E-state index in [1.165, 1.54) is 7.11 Å². The van der Waals surface area contributed by atoms with Gasteiger partial charge < -0.3 is 19.2 Å². The van der Waals surface area contributed by atoms with Gasteiger partial charge in [0, 0.05) is 5.56 Å². The fourth-order valence-electron chi connectivity index (χ4n) is 3.34. The Labute approximate surface area is 164 Å². The smallest absolute Gasteiger partial charge is 0.340 e. The number of nitrogens with one attached hydrogen (secondary N) is 1. The number of aromatic nitrogens is 3. The molecule has 0 aliphatic carbocycles. The van der Waals surface area contributed by atoms with Crippen molar-refractivity contribution in [2.24, 2.45) is 0 Å². The zero-order valence-corrected chi connectivity index (χ0v) is 15.3. The Bertz CT molecular complexity index is 1380. The van der Waals surface area contributed by atoms with Gasteiger partial charge in [-0.2, -0.15) is 0 Å². The number of phenols is 1. The lowest BCUT2D eigenvalue weighted by Gasteiger charge is -1.98. The molecule has 0 fully saturated rings. The summed E-state index contributed by atoms with van der Waals surface area (Å²) in [4.78, 5) is 24.5. The molecule has 0 saturated heterocycles. The van der Waals surface area contributed by atoms with Gasteiger partial charge >= 0.3 is 5.97 Å². The summed E-state index contributed by atoms with van der Waals surface area (Å²) < 4.78 is 10.7. The maximum atomic E-state index is 12.1. The number of fused-ring (bicyclic) bond motifs is 2. The number of aromatic amines is 1. The summed E-state index contributed by atoms with van der Waals surface area (Å²) in [5.41, 5.74) is 4.01. The normalized spacial score (nSPS) is 11.2. The molecule has 3 aromatic carbocycles. The summed E-state index contributed by atoms with van der Waals surface area (Å²) in [6, 6.07) is 17.7. The molecular formula is C22H15N3O4. The van der Waals surface area contributed by atoms with Crippen molar-refractivity contribution in [2.45, 2.75) is 0 Å². The van der Waals surface area contributed by atoms with Crippen LogP contribution in [0.4, 0.5) is 0 Å². The number of hydrogen-bond donors (Lipinski definition) is 2. The third-order valence-electron chi connectivity index (χ3n) is 4.73. The average molecular weight is 385 g/mol. The predicted molar refractivity (Wildman–Crippen MR) is 108 cm³/mol. The van der Waals surface area contributed by atoms with E-state index in [2.05, 4.69) is 15.0 Å². The van der Waals surface area contributed by atoms with Crippen LogP contribution < -0.4 is 0 Å². The first-order valence-electron chi connectivity index (χ1n) is 8.91. The van der Waals surface area contributed by atoms with Gasteiger partial charge in [0.15, 0.2) is 5.58 Å². The third-order valence-corrected chi connectivity index (χ3v) is 4.73. The zero-order chi connectivity index (χ0) is 20.0. The standard InChI is InChI=1S/C22H15N3O4/c1-28-22(27)14-8-4-9-15-18(14)24-20(23-15)13-7-5-11-17-19(13)25-21(29-17)12-6-2-3-10-16(12)26/h2-11,26H,1H3,(H,23,24). The van der Waals surface area contributed by atoms with Crippen LogP contribution in [-0.2, 0) is 4.74 Å². The Balaban J connectivity index is 1.70. The number of carbonyl (C=O) groups excluding carboxylic acids is 1. The van der Waals surface area contributed by atoms with E-state index < -0.39 is 5.97 Å². The molecule has 5 rings (SSSR count). The van der Waals surface area contributed by atoms with Gasteiger partial charge in [0.05, 0.1) is 23.8 Å². The van der Waals surface area contributed by atoms with Gasteiger partial charge in [-0.15, -0.1) is 0 Å². The van der Waals surface area contributed by atoms with Crippen LogP contribution in [-0.4, -0.2) is 33.1 Å². The van der Waals surface area contributed by atoms with Gasteiger partial charge in [-0.1, -0.05) is 24.3 Å². The SMILES string of the molecule is COC(=O)c1cccc2[nH]c(-c3cccc4oc(-c5ccccc5O)nc34)nc12. The number of esters is 1. The van der Waals surface area contributed by atoms with Gasteiger partial charge in [-0.3, -0.25) is 0 Å². The van der Waals surface area contributed by atoms with E-state index in [1.807, 2.05) is 18.2 Å². The second-order valence-corrected chi connectivity index (χ2v) is 6.47. The first kappa shape index (κ1) is 17.0. The number of phenolic OH excluding ortho intramolecular Hbond substituents is 1. The summed E-state index contributed by atoms with van der Waals surface area (Å²) in [5, 5.41) is 10.1. The zero-order valence-electron chi connectivity index (χ0n) is 15.3. The van der Waals surface area contributed by atoms with E-state index in [-0.39, 0.29) is 5.75 Å². The monoisotopic (exact) mass is 385 g/mol. The van der Waals surface area contributed by atoms with E-state index in [0.717, 1.165) is 5.56 Å². The van der Waals surface area contributed by atoms with Crippen LogP contribution in [0.25, 0.3) is 45.0 Å². The number of methoxy groups -OCH3 is 1. The quantitative estimate of drug-likeness (QED) is 0.443. The van der Waals surface area contributed by atoms with Crippen molar-refractivity contribution in [1.82, 2.24) is 15.0 Å². The van der Waals surface area contributed by atoms with Crippen LogP contribution in [0.1, 0.15) is 10.4 Å². The summed E-state index contributed by atoms with van der Waals surface area (Å²) >= 11 is 0. The van der Waals surface area contributed by atoms with Crippen LogP contribution in [0.5, 0.6) is 5.75 Å². The summed E-state index contributed by atoms with van der Waals surface area (Å²) in [6.45, 7) is 0.